The molecule has 3 aliphatic rings. The number of nitrogens with zero attached hydrogens (tertiary/aromatic N) is 2. The molecule has 1 atom stereocenters. The maximum atomic E-state index is 12.3. The molecule has 0 aromatic heterocycles. The van der Waals surface area contributed by atoms with Crippen molar-refractivity contribution in [2.45, 2.75) is 18.9 Å². The minimum Gasteiger partial charge on any atom is -0.393 e. The normalized spacial score (nSPS) is 27.3. The van der Waals surface area contributed by atoms with E-state index >= 15 is 0 Å². The van der Waals surface area contributed by atoms with Crippen molar-refractivity contribution in [2.24, 2.45) is 5.92 Å². The minimum absolute atomic E-state index is 0.0153. The zero-order valence-corrected chi connectivity index (χ0v) is 11.6. The van der Waals surface area contributed by atoms with Crippen molar-refractivity contribution >= 4 is 17.3 Å². The highest BCUT2D eigenvalue weighted by atomic mass is 16.6. The number of benzene rings is 1. The first kappa shape index (κ1) is 13.8. The van der Waals surface area contributed by atoms with Gasteiger partial charge in [0, 0.05) is 24.2 Å². The lowest BCUT2D eigenvalue weighted by Gasteiger charge is -2.44. The number of hydrogen-bond donors (Lipinski definition) is 2. The first-order valence-corrected chi connectivity index (χ1v) is 7.12. The average molecular weight is 290 g/mol. The number of hydrogen-bond acceptors (Lipinski definition) is 5. The van der Waals surface area contributed by atoms with E-state index in [9.17, 15) is 14.9 Å². The largest absolute Gasteiger partial charge is 0.393 e. The molecule has 0 radical (unpaired) electrons. The highest BCUT2D eigenvalue weighted by Crippen LogP contribution is 2.28. The van der Waals surface area contributed by atoms with E-state index in [2.05, 4.69) is 10.2 Å². The van der Waals surface area contributed by atoms with Crippen LogP contribution in [0.5, 0.6) is 0 Å². The fraction of sp³-hybridized carbons (Fsp3) is 0.500. The molecule has 3 N–H and O–H groups in total. The number of rotatable bonds is 3. The van der Waals surface area contributed by atoms with Gasteiger partial charge >= 0.3 is 0 Å². The number of anilines is 1. The second kappa shape index (κ2) is 5.33. The summed E-state index contributed by atoms with van der Waals surface area (Å²) in [5.74, 6) is 0.324. The van der Waals surface area contributed by atoms with Crippen LogP contribution in [0.15, 0.2) is 18.2 Å². The van der Waals surface area contributed by atoms with Crippen molar-refractivity contribution in [3.05, 3.63) is 33.9 Å². The number of amides is 1. The topological polar surface area (TPSA) is 102 Å². The Morgan fingerprint density at radius 1 is 1.38 bits per heavy atom. The van der Waals surface area contributed by atoms with Crippen LogP contribution in [0.25, 0.3) is 0 Å². The molecule has 3 heterocycles. The summed E-state index contributed by atoms with van der Waals surface area (Å²) in [5.41, 5.74) is 5.84. The zero-order chi connectivity index (χ0) is 15.0. The molecule has 3 aliphatic heterocycles. The number of carbonyl (C=O) groups excluding carboxylic acids is 1. The molecule has 3 fully saturated rings. The third-order valence-electron chi connectivity index (χ3n) is 4.46. The van der Waals surface area contributed by atoms with Gasteiger partial charge in [0.1, 0.15) is 5.69 Å². The number of nitro groups is 1. The molecule has 112 valence electrons. The second-order valence-electron chi connectivity index (χ2n) is 5.75. The molecule has 1 amide bonds. The van der Waals surface area contributed by atoms with E-state index in [0.29, 0.717) is 11.5 Å². The lowest BCUT2D eigenvalue weighted by atomic mass is 9.84. The van der Waals surface area contributed by atoms with E-state index in [0.717, 1.165) is 32.5 Å². The highest BCUT2D eigenvalue weighted by molar-refractivity contribution is 5.96. The fourth-order valence-electron chi connectivity index (χ4n) is 3.24. The molecule has 0 spiro atoms. The Morgan fingerprint density at radius 3 is 2.62 bits per heavy atom. The number of nitrogen functional groups attached to an aromatic ring is 1. The Morgan fingerprint density at radius 2 is 2.10 bits per heavy atom. The Bertz CT molecular complexity index is 582. The van der Waals surface area contributed by atoms with Crippen LogP contribution >= 0.6 is 0 Å². The Labute approximate surface area is 122 Å². The van der Waals surface area contributed by atoms with Gasteiger partial charge in [-0.15, -0.1) is 0 Å². The first-order chi connectivity index (χ1) is 10.0. The number of nitrogens with two attached hydrogens (primary N) is 1. The van der Waals surface area contributed by atoms with Crippen LogP contribution in [0.4, 0.5) is 11.4 Å². The van der Waals surface area contributed by atoms with Gasteiger partial charge in [-0.25, -0.2) is 0 Å². The van der Waals surface area contributed by atoms with Gasteiger partial charge in [0.15, 0.2) is 0 Å². The molecular formula is C14H18N4O3. The summed E-state index contributed by atoms with van der Waals surface area (Å²) >= 11 is 0. The standard InChI is InChI=1S/C14H18N4O3/c15-11-7-10(1-2-13(11)18(20)21)14(19)16-12-8-17-5-3-9(12)4-6-17/h1-2,7,9,12H,3-6,8,15H2,(H,16,19). The van der Waals surface area contributed by atoms with E-state index in [1.807, 2.05) is 0 Å². The molecule has 21 heavy (non-hydrogen) atoms. The van der Waals surface area contributed by atoms with E-state index in [-0.39, 0.29) is 23.3 Å². The van der Waals surface area contributed by atoms with Crippen LogP contribution in [-0.2, 0) is 0 Å². The van der Waals surface area contributed by atoms with E-state index in [4.69, 9.17) is 5.73 Å². The summed E-state index contributed by atoms with van der Waals surface area (Å²) in [5, 5.41) is 13.8. The summed E-state index contributed by atoms with van der Waals surface area (Å²) in [6.07, 6.45) is 2.24. The molecule has 0 aliphatic carbocycles. The molecule has 4 rings (SSSR count). The maximum absolute atomic E-state index is 12.3. The quantitative estimate of drug-likeness (QED) is 0.491. The van der Waals surface area contributed by atoms with Crippen molar-refractivity contribution in [1.29, 1.82) is 0 Å². The monoisotopic (exact) mass is 290 g/mol. The molecule has 7 nitrogen and oxygen atoms in total. The van der Waals surface area contributed by atoms with Crippen molar-refractivity contribution in [3.8, 4) is 0 Å². The molecule has 1 aromatic rings. The first-order valence-electron chi connectivity index (χ1n) is 7.12. The number of piperidine rings is 3. The predicted octanol–water partition coefficient (Wildman–Crippen LogP) is 1.00. The summed E-state index contributed by atoms with van der Waals surface area (Å²) < 4.78 is 0. The summed E-state index contributed by atoms with van der Waals surface area (Å²) in [6, 6.07) is 4.26. The molecular weight excluding hydrogens is 272 g/mol. The number of fused-ring (bicyclic) bond motifs is 3. The van der Waals surface area contributed by atoms with Crippen LogP contribution < -0.4 is 11.1 Å². The van der Waals surface area contributed by atoms with Gasteiger partial charge in [0.25, 0.3) is 11.6 Å². The molecule has 2 bridgehead atoms. The molecule has 3 saturated heterocycles. The van der Waals surface area contributed by atoms with E-state index < -0.39 is 4.92 Å². The second-order valence-corrected chi connectivity index (χ2v) is 5.75. The Hall–Kier alpha value is -2.15. The molecule has 1 unspecified atom stereocenters. The third kappa shape index (κ3) is 2.69. The fourth-order valence-corrected chi connectivity index (χ4v) is 3.24. The van der Waals surface area contributed by atoms with Gasteiger partial charge in [0.2, 0.25) is 0 Å². The highest BCUT2D eigenvalue weighted by Gasteiger charge is 2.35. The van der Waals surface area contributed by atoms with Crippen molar-refractivity contribution in [2.75, 3.05) is 25.4 Å². The number of nitrogens with one attached hydrogen (secondary N) is 1. The smallest absolute Gasteiger partial charge is 0.292 e. The molecule has 7 heteroatoms. The van der Waals surface area contributed by atoms with Crippen LogP contribution in [0.1, 0.15) is 23.2 Å². The lowest BCUT2D eigenvalue weighted by Crippen LogP contribution is -2.57. The van der Waals surface area contributed by atoms with Crippen LogP contribution in [0.2, 0.25) is 0 Å². The van der Waals surface area contributed by atoms with Gasteiger partial charge in [-0.3, -0.25) is 14.9 Å². The molecule has 1 aromatic carbocycles. The van der Waals surface area contributed by atoms with Gasteiger partial charge in [-0.05, 0) is 44.0 Å². The van der Waals surface area contributed by atoms with Gasteiger partial charge < -0.3 is 16.0 Å². The summed E-state index contributed by atoms with van der Waals surface area (Å²) in [6.45, 7) is 3.11. The Kier molecular flexibility index (Phi) is 3.50. The van der Waals surface area contributed by atoms with Crippen molar-refractivity contribution in [1.82, 2.24) is 10.2 Å². The van der Waals surface area contributed by atoms with Gasteiger partial charge in [0.05, 0.1) is 4.92 Å². The predicted molar refractivity (Wildman–Crippen MR) is 77.9 cm³/mol. The number of carbonyl (C=O) groups is 1. The van der Waals surface area contributed by atoms with E-state index in [1.54, 1.807) is 0 Å². The average Bonchev–Trinajstić information content (AvgIpc) is 2.48. The Balaban J connectivity index is 1.71. The van der Waals surface area contributed by atoms with Gasteiger partial charge in [-0.2, -0.15) is 0 Å². The van der Waals surface area contributed by atoms with Gasteiger partial charge in [-0.1, -0.05) is 0 Å². The van der Waals surface area contributed by atoms with Crippen molar-refractivity contribution in [3.63, 3.8) is 0 Å². The van der Waals surface area contributed by atoms with Crippen LogP contribution in [0.3, 0.4) is 0 Å². The zero-order valence-electron chi connectivity index (χ0n) is 11.6. The SMILES string of the molecule is Nc1cc(C(=O)NC2CN3CCC2CC3)ccc1[N+](=O)[O-]. The number of nitro benzene ring substituents is 1. The lowest BCUT2D eigenvalue weighted by molar-refractivity contribution is -0.383. The maximum Gasteiger partial charge on any atom is 0.292 e. The van der Waals surface area contributed by atoms with E-state index in [1.165, 1.54) is 18.2 Å². The summed E-state index contributed by atoms with van der Waals surface area (Å²) in [4.78, 5) is 24.8. The summed E-state index contributed by atoms with van der Waals surface area (Å²) in [7, 11) is 0. The minimum atomic E-state index is -0.551. The third-order valence-corrected chi connectivity index (χ3v) is 4.46. The van der Waals surface area contributed by atoms with Crippen LogP contribution in [0, 0.1) is 16.0 Å². The van der Waals surface area contributed by atoms with Crippen molar-refractivity contribution < 1.29 is 9.72 Å². The van der Waals surface area contributed by atoms with Crippen LogP contribution in [-0.4, -0.2) is 41.4 Å². The molecule has 0 saturated carbocycles.